The van der Waals surface area contributed by atoms with Crippen molar-refractivity contribution < 1.29 is 9.53 Å². The van der Waals surface area contributed by atoms with Crippen molar-refractivity contribution in [3.05, 3.63) is 35.9 Å². The fourth-order valence-corrected chi connectivity index (χ4v) is 1.26. The van der Waals surface area contributed by atoms with Crippen LogP contribution in [0.25, 0.3) is 17.5 Å². The maximum Gasteiger partial charge on any atom is 0.330 e. The van der Waals surface area contributed by atoms with Crippen molar-refractivity contribution in [2.75, 3.05) is 7.11 Å². The molecule has 0 saturated heterocycles. The number of nitrogens with one attached hydrogen (secondary N) is 1. The lowest BCUT2D eigenvalue weighted by Crippen LogP contribution is -1.93. The number of H-pyrrole nitrogens is 1. The molecule has 6 heteroatoms. The molecule has 1 aromatic heterocycles. The third-order valence-electron chi connectivity index (χ3n) is 2.13. The molecule has 0 aliphatic carbocycles. The van der Waals surface area contributed by atoms with Gasteiger partial charge in [0.05, 0.1) is 7.11 Å². The van der Waals surface area contributed by atoms with Crippen LogP contribution in [-0.2, 0) is 9.53 Å². The summed E-state index contributed by atoms with van der Waals surface area (Å²) in [6.45, 7) is 0. The zero-order valence-electron chi connectivity index (χ0n) is 9.12. The van der Waals surface area contributed by atoms with Crippen molar-refractivity contribution in [2.45, 2.75) is 0 Å². The van der Waals surface area contributed by atoms with E-state index < -0.39 is 0 Å². The summed E-state index contributed by atoms with van der Waals surface area (Å²) in [6, 6.07) is 7.40. The molecule has 0 bridgehead atoms. The second kappa shape index (κ2) is 5.02. The number of methoxy groups -OCH3 is 1. The topological polar surface area (TPSA) is 80.8 Å². The molecule has 1 N–H and O–H groups in total. The van der Waals surface area contributed by atoms with E-state index in [4.69, 9.17) is 0 Å². The van der Waals surface area contributed by atoms with Gasteiger partial charge in [-0.1, -0.05) is 24.3 Å². The van der Waals surface area contributed by atoms with Gasteiger partial charge in [-0.25, -0.2) is 4.79 Å². The van der Waals surface area contributed by atoms with E-state index >= 15 is 0 Å². The van der Waals surface area contributed by atoms with Gasteiger partial charge in [0.15, 0.2) is 0 Å². The standard InChI is InChI=1S/C11H10N4O2/c1-17-10(16)7-4-8-2-5-9(6-3-8)11-12-14-15-13-11/h2-7H,1H3,(H,12,13,14,15). The highest BCUT2D eigenvalue weighted by atomic mass is 16.5. The molecule has 0 atom stereocenters. The van der Waals surface area contributed by atoms with Crippen molar-refractivity contribution in [3.8, 4) is 11.4 Å². The SMILES string of the molecule is COC(=O)C=Cc1ccc(-c2nn[nH]n2)cc1. The first-order valence-corrected chi connectivity index (χ1v) is 4.89. The zero-order valence-corrected chi connectivity index (χ0v) is 9.12. The molecule has 0 unspecified atom stereocenters. The average Bonchev–Trinajstić information content (AvgIpc) is 2.90. The first kappa shape index (κ1) is 11.0. The number of carbonyl (C=O) groups excluding carboxylic acids is 1. The van der Waals surface area contributed by atoms with Crippen molar-refractivity contribution in [3.63, 3.8) is 0 Å². The Labute approximate surface area is 97.3 Å². The second-order valence-electron chi connectivity index (χ2n) is 3.21. The summed E-state index contributed by atoms with van der Waals surface area (Å²) in [6.07, 6.45) is 3.04. The number of hydrogen-bond acceptors (Lipinski definition) is 5. The minimum absolute atomic E-state index is 0.382. The molecule has 2 rings (SSSR count). The Hall–Kier alpha value is -2.50. The third-order valence-corrected chi connectivity index (χ3v) is 2.13. The van der Waals surface area contributed by atoms with Crippen LogP contribution in [0.3, 0.4) is 0 Å². The molecule has 2 aromatic rings. The maximum absolute atomic E-state index is 10.9. The van der Waals surface area contributed by atoms with Crippen LogP contribution < -0.4 is 0 Å². The van der Waals surface area contributed by atoms with Gasteiger partial charge in [-0.3, -0.25) is 0 Å². The molecule has 0 saturated carbocycles. The van der Waals surface area contributed by atoms with E-state index in [0.29, 0.717) is 5.82 Å². The van der Waals surface area contributed by atoms with Crippen LogP contribution in [0.15, 0.2) is 30.3 Å². The van der Waals surface area contributed by atoms with Gasteiger partial charge >= 0.3 is 5.97 Å². The van der Waals surface area contributed by atoms with Gasteiger partial charge in [0, 0.05) is 11.6 Å². The molecule has 86 valence electrons. The summed E-state index contributed by atoms with van der Waals surface area (Å²) in [4.78, 5) is 10.9. The molecule has 1 heterocycles. The summed E-state index contributed by atoms with van der Waals surface area (Å²) in [5.74, 6) is 0.153. The van der Waals surface area contributed by atoms with E-state index in [9.17, 15) is 4.79 Å². The summed E-state index contributed by atoms with van der Waals surface area (Å²) in [5.41, 5.74) is 1.75. The van der Waals surface area contributed by atoms with Gasteiger partial charge in [-0.15, -0.1) is 10.2 Å². The van der Waals surface area contributed by atoms with E-state index in [-0.39, 0.29) is 5.97 Å². The van der Waals surface area contributed by atoms with E-state index in [1.807, 2.05) is 24.3 Å². The van der Waals surface area contributed by atoms with Crippen molar-refractivity contribution in [1.29, 1.82) is 0 Å². The second-order valence-corrected chi connectivity index (χ2v) is 3.21. The number of ether oxygens (including phenoxy) is 1. The highest BCUT2D eigenvalue weighted by Gasteiger charge is 2.01. The Morgan fingerprint density at radius 1 is 1.35 bits per heavy atom. The Morgan fingerprint density at radius 3 is 2.71 bits per heavy atom. The van der Waals surface area contributed by atoms with Crippen LogP contribution in [0.5, 0.6) is 0 Å². The number of nitrogens with zero attached hydrogens (tertiary/aromatic N) is 3. The summed E-state index contributed by atoms with van der Waals surface area (Å²) in [7, 11) is 1.34. The Kier molecular flexibility index (Phi) is 3.25. The average molecular weight is 230 g/mol. The molecular weight excluding hydrogens is 220 g/mol. The summed E-state index contributed by atoms with van der Waals surface area (Å²) in [5, 5.41) is 13.6. The van der Waals surface area contributed by atoms with Crippen LogP contribution in [0.2, 0.25) is 0 Å². The minimum Gasteiger partial charge on any atom is -0.466 e. The Bertz CT molecular complexity index is 517. The van der Waals surface area contributed by atoms with E-state index in [0.717, 1.165) is 11.1 Å². The largest absolute Gasteiger partial charge is 0.466 e. The highest BCUT2D eigenvalue weighted by Crippen LogP contribution is 2.14. The lowest BCUT2D eigenvalue weighted by Gasteiger charge is -1.96. The van der Waals surface area contributed by atoms with E-state index in [1.165, 1.54) is 13.2 Å². The monoisotopic (exact) mass is 230 g/mol. The summed E-state index contributed by atoms with van der Waals surface area (Å²) >= 11 is 0. The number of aromatic amines is 1. The van der Waals surface area contributed by atoms with Crippen LogP contribution in [0.4, 0.5) is 0 Å². The predicted molar refractivity (Wildman–Crippen MR) is 60.7 cm³/mol. The number of hydrogen-bond donors (Lipinski definition) is 1. The van der Waals surface area contributed by atoms with Gasteiger partial charge in [0.2, 0.25) is 5.82 Å². The number of tetrazole rings is 1. The minimum atomic E-state index is -0.382. The molecule has 0 radical (unpaired) electrons. The fraction of sp³-hybridized carbons (Fsp3) is 0.0909. The van der Waals surface area contributed by atoms with Gasteiger partial charge in [0.1, 0.15) is 0 Å². The number of rotatable bonds is 3. The summed E-state index contributed by atoms with van der Waals surface area (Å²) < 4.78 is 4.50. The van der Waals surface area contributed by atoms with Gasteiger partial charge in [-0.05, 0) is 16.9 Å². The number of aromatic nitrogens is 4. The number of carbonyl (C=O) groups is 1. The number of esters is 1. The first-order valence-electron chi connectivity index (χ1n) is 4.89. The molecule has 6 nitrogen and oxygen atoms in total. The van der Waals surface area contributed by atoms with E-state index in [1.54, 1.807) is 6.08 Å². The fourth-order valence-electron chi connectivity index (χ4n) is 1.26. The smallest absolute Gasteiger partial charge is 0.330 e. The molecule has 17 heavy (non-hydrogen) atoms. The number of benzene rings is 1. The third kappa shape index (κ3) is 2.75. The Balaban J connectivity index is 2.14. The maximum atomic E-state index is 10.9. The zero-order chi connectivity index (χ0) is 12.1. The van der Waals surface area contributed by atoms with Crippen LogP contribution in [-0.4, -0.2) is 33.7 Å². The first-order chi connectivity index (χ1) is 8.29. The van der Waals surface area contributed by atoms with Gasteiger partial charge < -0.3 is 4.74 Å². The van der Waals surface area contributed by atoms with Crippen LogP contribution >= 0.6 is 0 Å². The highest BCUT2D eigenvalue weighted by molar-refractivity contribution is 5.87. The van der Waals surface area contributed by atoms with Crippen molar-refractivity contribution in [1.82, 2.24) is 20.6 Å². The van der Waals surface area contributed by atoms with Crippen molar-refractivity contribution >= 4 is 12.0 Å². The molecule has 0 spiro atoms. The molecule has 0 fully saturated rings. The van der Waals surface area contributed by atoms with Crippen LogP contribution in [0.1, 0.15) is 5.56 Å². The van der Waals surface area contributed by atoms with Gasteiger partial charge in [-0.2, -0.15) is 5.21 Å². The van der Waals surface area contributed by atoms with E-state index in [2.05, 4.69) is 25.4 Å². The van der Waals surface area contributed by atoms with Crippen LogP contribution in [0, 0.1) is 0 Å². The van der Waals surface area contributed by atoms with Crippen molar-refractivity contribution in [2.24, 2.45) is 0 Å². The lowest BCUT2D eigenvalue weighted by atomic mass is 10.1. The Morgan fingerprint density at radius 2 is 2.12 bits per heavy atom. The molecule has 0 aliphatic rings. The quantitative estimate of drug-likeness (QED) is 0.629. The molecular formula is C11H10N4O2. The molecule has 0 aliphatic heterocycles. The van der Waals surface area contributed by atoms with Gasteiger partial charge in [0.25, 0.3) is 0 Å². The molecule has 1 aromatic carbocycles. The lowest BCUT2D eigenvalue weighted by molar-refractivity contribution is -0.134. The predicted octanol–water partition coefficient (Wildman–Crippen LogP) is 1.05. The normalized spacial score (nSPS) is 10.6. The molecule has 0 amide bonds.